The van der Waals surface area contributed by atoms with E-state index >= 15 is 0 Å². The number of phenolic OH excluding ortho intramolecular Hbond substituents is 22. The van der Waals surface area contributed by atoms with Crippen LogP contribution in [0.3, 0.4) is 0 Å². The summed E-state index contributed by atoms with van der Waals surface area (Å²) in [6.45, 7) is 1.09. The summed E-state index contributed by atoms with van der Waals surface area (Å²) in [5.41, 5.74) is 3.97. The average Bonchev–Trinajstić information content (AvgIpc) is 0.804. The Kier molecular flexibility index (Phi) is 38.2. The number of nitrogens with one attached hydrogen (secondary N) is 5. The minimum atomic E-state index is -4.84. The van der Waals surface area contributed by atoms with Gasteiger partial charge in [-0.1, -0.05) is 85.4 Å². The van der Waals surface area contributed by atoms with Gasteiger partial charge in [0.2, 0.25) is 0 Å². The van der Waals surface area contributed by atoms with Gasteiger partial charge in [0.15, 0.2) is 126 Å². The summed E-state index contributed by atoms with van der Waals surface area (Å²) in [4.78, 5) is 1.03. The fraction of sp³-hybridized carbons (Fsp3) is 0.0714. The lowest BCUT2D eigenvalue weighted by Crippen LogP contribution is -2.22. The minimum absolute atomic E-state index is 0.0401. The number of alkyl halides is 3. The number of rotatable bonds is 20. The molecular formula is C84H66Br4F3IN8O22S5. The van der Waals surface area contributed by atoms with Crippen molar-refractivity contribution in [3.8, 4) is 145 Å². The lowest BCUT2D eigenvalue weighted by Gasteiger charge is -2.11. The molecule has 0 amide bonds. The lowest BCUT2D eigenvalue weighted by molar-refractivity contribution is -0.138. The Bertz CT molecular complexity index is 5920. The van der Waals surface area contributed by atoms with E-state index in [2.05, 4.69) is 90.3 Å². The van der Waals surface area contributed by atoms with Gasteiger partial charge in [-0.3, -0.25) is 0 Å². The first kappa shape index (κ1) is 103. The summed E-state index contributed by atoms with van der Waals surface area (Å²) >= 11 is 40.1. The lowest BCUT2D eigenvalue weighted by atomic mass is 10.1. The SMILES string of the molecule is N#C/C(=C\c1cc(O)c(O)c(Br)c1)C(=S)NCc1ccc(O)c(O)c1.N#C/C(=C\c1cc(O)c(O)c(I)c1)C(=S)NCc1ccc(O)c(O)c1.N#C/C(=C\c1cc(O)c(O)c(O)c1)C(=S)NCc1cc(O)c(O)c(Br)c1.Oc1cc(/C=C/C(=S)NCc2cc(O)c(O)c(Br)c2)cc(Br)c1O.Oc1cc(CNC(=S)/C=C/c2cc(O)c(O)c(C(F)(F)F)c2)cc(O)c1O. The highest BCUT2D eigenvalue weighted by atomic mass is 127. The number of nitrogens with zero attached hydrogens (tertiary/aromatic N) is 3. The van der Waals surface area contributed by atoms with E-state index in [1.807, 2.05) is 40.8 Å². The fourth-order valence-corrected chi connectivity index (χ4v) is 13.3. The Labute approximate surface area is 792 Å². The van der Waals surface area contributed by atoms with E-state index in [1.165, 1.54) is 115 Å². The average molecular weight is 2200 g/mol. The molecule has 10 rings (SSSR count). The second-order valence-corrected chi connectivity index (χ2v) is 32.3. The van der Waals surface area contributed by atoms with Crippen LogP contribution in [0.25, 0.3) is 30.4 Å². The van der Waals surface area contributed by atoms with Crippen LogP contribution in [0.5, 0.6) is 126 Å². The van der Waals surface area contributed by atoms with Gasteiger partial charge in [0.25, 0.3) is 0 Å². The molecule has 0 fully saturated rings. The van der Waals surface area contributed by atoms with E-state index in [0.29, 0.717) is 73.5 Å². The molecule has 30 nitrogen and oxygen atoms in total. The van der Waals surface area contributed by atoms with Gasteiger partial charge in [-0.15, -0.1) is 0 Å². The van der Waals surface area contributed by atoms with Gasteiger partial charge in [-0.05, 0) is 294 Å². The van der Waals surface area contributed by atoms with Crippen molar-refractivity contribution in [2.75, 3.05) is 0 Å². The van der Waals surface area contributed by atoms with Crippen molar-refractivity contribution in [1.82, 2.24) is 26.6 Å². The topological polar surface area (TPSA) is 577 Å². The molecular weight excluding hydrogens is 2140 g/mol. The third-order valence-electron chi connectivity index (χ3n) is 16.3. The van der Waals surface area contributed by atoms with Crippen molar-refractivity contribution in [2.45, 2.75) is 38.9 Å². The highest BCUT2D eigenvalue weighted by Crippen LogP contribution is 2.44. The van der Waals surface area contributed by atoms with Gasteiger partial charge in [-0.25, -0.2) is 0 Å². The van der Waals surface area contributed by atoms with Crippen molar-refractivity contribution >= 4 is 203 Å². The van der Waals surface area contributed by atoms with Crippen LogP contribution < -0.4 is 26.6 Å². The third kappa shape index (κ3) is 30.9. The number of phenols is 22. The molecule has 660 valence electrons. The summed E-state index contributed by atoms with van der Waals surface area (Å²) in [5.74, 6) is -9.07. The molecule has 0 saturated heterocycles. The molecule has 0 unspecified atom stereocenters. The molecule has 0 atom stereocenters. The molecule has 0 aliphatic heterocycles. The van der Waals surface area contributed by atoms with E-state index in [9.17, 15) is 141 Å². The van der Waals surface area contributed by atoms with Crippen molar-refractivity contribution in [3.05, 3.63) is 245 Å². The van der Waals surface area contributed by atoms with Gasteiger partial charge < -0.3 is 139 Å². The monoisotopic (exact) mass is 2200 g/mol. The number of hydrogen-bond acceptors (Lipinski definition) is 30. The zero-order chi connectivity index (χ0) is 94.8. The molecule has 0 saturated carbocycles. The van der Waals surface area contributed by atoms with Gasteiger partial charge in [0.1, 0.15) is 38.7 Å². The van der Waals surface area contributed by atoms with Crippen molar-refractivity contribution in [2.24, 2.45) is 0 Å². The Morgan fingerprint density at radius 1 is 0.307 bits per heavy atom. The standard InChI is InChI=1S/C17H13BrN2O5S.C17H13BrN2O4S.C17H14F3NO5S.C17H13IN2O4S.C16H13Br2NO4S/c18-11-2-9(5-12(21)15(11)24)7-20-17(26)10(6-19)1-8-3-13(22)16(25)14(23)4-8;18-12-4-10(6-15(23)16(12)24)3-11(7-19)17(25)20-8-9-1-2-13(21)14(22)5-9;18-17(19,20)10-3-8(4-11(22)15(10)25)1-2-14(27)21-7-9-5-12(23)16(26)13(24)6-9;18-12-4-10(6-15(23)16(12)24)3-11(7-19)17(25)20-8-9-1-2-13(21)14(22)5-9;17-10-3-8(5-12(20)15(10)22)1-2-14(24)19-7-9-4-11(18)16(23)13(21)6-9/h1-5,21-25H,7H2,(H,20,26);1-6,21-24H,8H2,(H,20,25);1-6,22-26H,7H2,(H,21,27);1-6,21-24H,8H2,(H,20,25);1-6,20-23H,7H2,(H,19,24)/b10-1+;11-3+;2-1+;11-3+;2-1+. The third-order valence-corrected chi connectivity index (χ3v) is 21.2. The summed E-state index contributed by atoms with van der Waals surface area (Å²) in [7, 11) is 0. The normalized spacial score (nSPS) is 11.1. The molecule has 10 aromatic carbocycles. The maximum atomic E-state index is 12.8. The summed E-state index contributed by atoms with van der Waals surface area (Å²) in [6.07, 6.45) is 5.24. The van der Waals surface area contributed by atoms with E-state index in [0.717, 1.165) is 11.6 Å². The van der Waals surface area contributed by atoms with Crippen LogP contribution in [-0.4, -0.2) is 137 Å². The first-order valence-corrected chi connectivity index (χ1v) is 41.2. The van der Waals surface area contributed by atoms with E-state index in [-0.39, 0.29) is 159 Å². The Hall–Kier alpha value is -13.1. The number of hydrogen-bond donors (Lipinski definition) is 27. The van der Waals surface area contributed by atoms with E-state index in [4.69, 9.17) is 61.1 Å². The summed E-state index contributed by atoms with van der Waals surface area (Å²) < 4.78 is 40.3. The van der Waals surface area contributed by atoms with Crippen LogP contribution in [0.1, 0.15) is 61.2 Å². The maximum absolute atomic E-state index is 12.8. The van der Waals surface area contributed by atoms with Crippen LogP contribution in [0.4, 0.5) is 13.2 Å². The number of halogens is 8. The zero-order valence-electron chi connectivity index (χ0n) is 64.0. The fourth-order valence-electron chi connectivity index (χ4n) is 9.96. The Morgan fingerprint density at radius 2 is 0.567 bits per heavy atom. The Morgan fingerprint density at radius 3 is 0.898 bits per heavy atom. The second-order valence-electron chi connectivity index (χ2n) is 25.6. The van der Waals surface area contributed by atoms with E-state index in [1.54, 1.807) is 48.6 Å². The predicted molar refractivity (Wildman–Crippen MR) is 506 cm³/mol. The molecule has 0 heterocycles. The molecule has 10 aromatic rings. The van der Waals surface area contributed by atoms with Crippen LogP contribution >= 0.6 is 147 Å². The first-order valence-electron chi connectivity index (χ1n) is 34.9. The summed E-state index contributed by atoms with van der Waals surface area (Å²) in [5, 5.41) is 250. The quantitative estimate of drug-likeness (QED) is 0.0111. The molecule has 127 heavy (non-hydrogen) atoms. The van der Waals surface area contributed by atoms with Gasteiger partial charge in [0, 0.05) is 32.7 Å². The maximum Gasteiger partial charge on any atom is 0.420 e. The second kappa shape index (κ2) is 47.3. The molecule has 0 aliphatic carbocycles. The van der Waals surface area contributed by atoms with Crippen LogP contribution in [0.15, 0.2) is 180 Å². The molecule has 0 radical (unpaired) electrons. The highest BCUT2D eigenvalue weighted by molar-refractivity contribution is 14.1. The van der Waals surface area contributed by atoms with Gasteiger partial charge >= 0.3 is 6.18 Å². The molecule has 43 heteroatoms. The number of benzene rings is 10. The molecule has 0 spiro atoms. The van der Waals surface area contributed by atoms with Crippen molar-refractivity contribution in [3.63, 3.8) is 0 Å². The molecule has 27 N–H and O–H groups in total. The van der Waals surface area contributed by atoms with Gasteiger partial charge in [0.05, 0.1) is 48.2 Å². The zero-order valence-corrected chi connectivity index (χ0v) is 76.6. The molecule has 0 bridgehead atoms. The predicted octanol–water partition coefficient (Wildman–Crippen LogP) is 17.0. The number of aromatic hydroxyl groups is 22. The van der Waals surface area contributed by atoms with Crippen LogP contribution in [0, 0.1) is 37.6 Å². The smallest absolute Gasteiger partial charge is 0.420 e. The molecule has 0 aromatic heterocycles. The van der Waals surface area contributed by atoms with E-state index < -0.39 is 57.7 Å². The van der Waals surface area contributed by atoms with Gasteiger partial charge in [-0.2, -0.15) is 29.0 Å². The van der Waals surface area contributed by atoms with Crippen LogP contribution in [0.2, 0.25) is 0 Å². The highest BCUT2D eigenvalue weighted by Gasteiger charge is 2.35. The number of nitriles is 3. The largest absolute Gasteiger partial charge is 0.504 e. The summed E-state index contributed by atoms with van der Waals surface area (Å²) in [6, 6.07) is 35.8. The Balaban J connectivity index is 0.000000245. The van der Waals surface area contributed by atoms with Crippen molar-refractivity contribution < 1.29 is 126 Å². The number of thiocarbonyl (C=S) groups is 5. The van der Waals surface area contributed by atoms with Crippen molar-refractivity contribution in [1.29, 1.82) is 15.8 Å². The minimum Gasteiger partial charge on any atom is -0.504 e. The molecule has 0 aliphatic rings. The van der Waals surface area contributed by atoms with Crippen LogP contribution in [-0.2, 0) is 38.9 Å². The first-order chi connectivity index (χ1) is 59.6.